The van der Waals surface area contributed by atoms with Gasteiger partial charge in [-0.3, -0.25) is 18.6 Å². The number of nitrogens with one attached hydrogen (secondary N) is 2. The molecule has 1 aliphatic carbocycles. The summed E-state index contributed by atoms with van der Waals surface area (Å²) in [6, 6.07) is 13.1. The Kier molecular flexibility index (Phi) is 9.60. The maximum Gasteiger partial charge on any atom is 0.240 e. The third-order valence-corrected chi connectivity index (χ3v) is 7.29. The molecule has 0 aliphatic heterocycles. The number of hydrogen-bond donors (Lipinski definition) is 2. The molecule has 1 fully saturated rings. The van der Waals surface area contributed by atoms with Gasteiger partial charge < -0.3 is 15.5 Å². The first-order valence-electron chi connectivity index (χ1n) is 12.1. The van der Waals surface area contributed by atoms with Gasteiger partial charge in [-0.15, -0.1) is 0 Å². The van der Waals surface area contributed by atoms with Crippen LogP contribution < -0.4 is 15.5 Å². The Morgan fingerprint density at radius 3 is 2.23 bits per heavy atom. The Labute approximate surface area is 210 Å². The first kappa shape index (κ1) is 26.6. The second-order valence-electron chi connectivity index (χ2n) is 9.31. The zero-order valence-corrected chi connectivity index (χ0v) is 21.6. The molecule has 0 aromatic heterocycles. The lowest BCUT2D eigenvalue weighted by Crippen LogP contribution is -2.46. The van der Waals surface area contributed by atoms with E-state index in [1.165, 1.54) is 11.3 Å². The van der Waals surface area contributed by atoms with Gasteiger partial charge in [0, 0.05) is 28.2 Å². The zero-order valence-electron chi connectivity index (χ0n) is 20.8. The summed E-state index contributed by atoms with van der Waals surface area (Å²) in [4.78, 5) is 39.8. The lowest BCUT2D eigenvalue weighted by Gasteiger charge is -2.27. The Bertz CT molecular complexity index is 1080. The monoisotopic (exact) mass is 497 g/mol. The normalized spacial score (nSPS) is 14.7. The number of anilines is 2. The summed E-state index contributed by atoms with van der Waals surface area (Å²) in [6.07, 6.45) is 5.26. The molecule has 8 heteroatoms. The molecular weight excluding hydrogens is 462 g/mol. The number of aryl methyl sites for hydroxylation is 3. The SMILES string of the molecule is Cc1ccc(NC(=O)CS(=O)CC(=O)N(CC(=O)NC2CCCCC2)c2cc(C)ccc2C)cc1. The van der Waals surface area contributed by atoms with Crippen LogP contribution in [0.1, 0.15) is 48.8 Å². The summed E-state index contributed by atoms with van der Waals surface area (Å²) in [5.74, 6) is -1.73. The lowest BCUT2D eigenvalue weighted by atomic mass is 9.95. The quantitative estimate of drug-likeness (QED) is 0.551. The minimum Gasteiger partial charge on any atom is -0.352 e. The summed E-state index contributed by atoms with van der Waals surface area (Å²) in [7, 11) is -1.72. The topological polar surface area (TPSA) is 95.6 Å². The first-order chi connectivity index (χ1) is 16.7. The van der Waals surface area contributed by atoms with Crippen molar-refractivity contribution in [2.75, 3.05) is 28.3 Å². The smallest absolute Gasteiger partial charge is 0.240 e. The van der Waals surface area contributed by atoms with E-state index in [4.69, 9.17) is 0 Å². The van der Waals surface area contributed by atoms with E-state index in [2.05, 4.69) is 10.6 Å². The highest BCUT2D eigenvalue weighted by atomic mass is 32.2. The van der Waals surface area contributed by atoms with Crippen LogP contribution in [0.3, 0.4) is 0 Å². The maximum absolute atomic E-state index is 13.2. The van der Waals surface area contributed by atoms with Gasteiger partial charge in [0.2, 0.25) is 17.7 Å². The molecule has 1 saturated carbocycles. The van der Waals surface area contributed by atoms with Crippen molar-refractivity contribution in [3.8, 4) is 0 Å². The van der Waals surface area contributed by atoms with Gasteiger partial charge in [-0.1, -0.05) is 49.1 Å². The van der Waals surface area contributed by atoms with E-state index in [1.807, 2.05) is 51.1 Å². The summed E-state index contributed by atoms with van der Waals surface area (Å²) in [6.45, 7) is 5.59. The van der Waals surface area contributed by atoms with Gasteiger partial charge >= 0.3 is 0 Å². The molecule has 0 spiro atoms. The molecule has 1 unspecified atom stereocenters. The van der Waals surface area contributed by atoms with Gasteiger partial charge in [0.05, 0.1) is 0 Å². The molecule has 7 nitrogen and oxygen atoms in total. The Morgan fingerprint density at radius 1 is 0.886 bits per heavy atom. The van der Waals surface area contributed by atoms with Gasteiger partial charge in [0.1, 0.15) is 18.1 Å². The van der Waals surface area contributed by atoms with E-state index in [0.29, 0.717) is 11.4 Å². The van der Waals surface area contributed by atoms with E-state index in [0.717, 1.165) is 42.4 Å². The third-order valence-electron chi connectivity index (χ3n) is 6.14. The highest BCUT2D eigenvalue weighted by molar-refractivity contribution is 7.86. The first-order valence-corrected chi connectivity index (χ1v) is 13.6. The number of hydrogen-bond acceptors (Lipinski definition) is 4. The fourth-order valence-corrected chi connectivity index (χ4v) is 5.13. The van der Waals surface area contributed by atoms with Crippen LogP contribution in [0.5, 0.6) is 0 Å². The number of rotatable bonds is 9. The Balaban J connectivity index is 1.66. The van der Waals surface area contributed by atoms with Crippen molar-refractivity contribution in [3.63, 3.8) is 0 Å². The predicted molar refractivity (Wildman–Crippen MR) is 141 cm³/mol. The van der Waals surface area contributed by atoms with Crippen LogP contribution in [-0.4, -0.2) is 46.0 Å². The van der Waals surface area contributed by atoms with E-state index >= 15 is 0 Å². The van der Waals surface area contributed by atoms with Gasteiger partial charge in [-0.25, -0.2) is 0 Å². The highest BCUT2D eigenvalue weighted by Gasteiger charge is 2.25. The van der Waals surface area contributed by atoms with Crippen molar-refractivity contribution < 1.29 is 18.6 Å². The Morgan fingerprint density at radius 2 is 1.54 bits per heavy atom. The number of amides is 3. The average Bonchev–Trinajstić information content (AvgIpc) is 2.81. The predicted octanol–water partition coefficient (Wildman–Crippen LogP) is 3.78. The molecule has 0 radical (unpaired) electrons. The molecule has 0 saturated heterocycles. The molecule has 1 aliphatic rings. The van der Waals surface area contributed by atoms with Crippen LogP contribution in [0.2, 0.25) is 0 Å². The van der Waals surface area contributed by atoms with E-state index < -0.39 is 22.6 Å². The van der Waals surface area contributed by atoms with E-state index in [9.17, 15) is 18.6 Å². The largest absolute Gasteiger partial charge is 0.352 e. The molecule has 0 bridgehead atoms. The average molecular weight is 498 g/mol. The number of carbonyl (C=O) groups excluding carboxylic acids is 3. The summed E-state index contributed by atoms with van der Waals surface area (Å²) in [5.41, 5.74) is 4.10. The number of carbonyl (C=O) groups is 3. The Hall–Kier alpha value is -3.00. The van der Waals surface area contributed by atoms with Crippen molar-refractivity contribution in [2.24, 2.45) is 0 Å². The van der Waals surface area contributed by atoms with Gasteiger partial charge in [-0.2, -0.15) is 0 Å². The van der Waals surface area contributed by atoms with Gasteiger partial charge in [0.15, 0.2) is 0 Å². The second-order valence-corrected chi connectivity index (χ2v) is 10.8. The van der Waals surface area contributed by atoms with Crippen LogP contribution in [0.15, 0.2) is 42.5 Å². The highest BCUT2D eigenvalue weighted by Crippen LogP contribution is 2.23. The maximum atomic E-state index is 13.2. The number of benzene rings is 2. The molecular formula is C27H35N3O4S. The van der Waals surface area contributed by atoms with Crippen LogP contribution >= 0.6 is 0 Å². The van der Waals surface area contributed by atoms with Crippen molar-refractivity contribution in [2.45, 2.75) is 58.9 Å². The van der Waals surface area contributed by atoms with Crippen molar-refractivity contribution in [1.82, 2.24) is 5.32 Å². The van der Waals surface area contributed by atoms with Gasteiger partial charge in [0.25, 0.3) is 0 Å². The second kappa shape index (κ2) is 12.6. The molecule has 3 rings (SSSR count). The lowest BCUT2D eigenvalue weighted by molar-refractivity contribution is -0.123. The van der Waals surface area contributed by atoms with Crippen molar-refractivity contribution >= 4 is 39.9 Å². The molecule has 1 atom stereocenters. The molecule has 188 valence electrons. The molecule has 35 heavy (non-hydrogen) atoms. The minimum atomic E-state index is -1.72. The van der Waals surface area contributed by atoms with Crippen LogP contribution in [-0.2, 0) is 25.2 Å². The summed E-state index contributed by atoms with van der Waals surface area (Å²) >= 11 is 0. The van der Waals surface area contributed by atoms with Crippen molar-refractivity contribution in [1.29, 1.82) is 0 Å². The standard InChI is InChI=1S/C27H35N3O4S/c1-19-10-13-23(14-11-19)29-26(32)17-35(34)18-27(33)30(24-15-20(2)9-12-21(24)3)16-25(31)28-22-7-5-4-6-8-22/h9-15,22H,4-8,16-18H2,1-3H3,(H,28,31)(H,29,32). The van der Waals surface area contributed by atoms with E-state index in [1.54, 1.807) is 12.1 Å². The fourth-order valence-electron chi connectivity index (χ4n) is 4.23. The molecule has 2 aromatic rings. The summed E-state index contributed by atoms with van der Waals surface area (Å²) in [5, 5.41) is 5.76. The molecule has 2 aromatic carbocycles. The van der Waals surface area contributed by atoms with Crippen LogP contribution in [0, 0.1) is 20.8 Å². The van der Waals surface area contributed by atoms with Gasteiger partial charge in [-0.05, 0) is 62.9 Å². The van der Waals surface area contributed by atoms with E-state index in [-0.39, 0.29) is 30.0 Å². The third kappa shape index (κ3) is 8.31. The molecule has 2 N–H and O–H groups in total. The van der Waals surface area contributed by atoms with Crippen LogP contribution in [0.4, 0.5) is 11.4 Å². The summed E-state index contributed by atoms with van der Waals surface area (Å²) < 4.78 is 12.7. The zero-order chi connectivity index (χ0) is 25.4. The minimum absolute atomic E-state index is 0.131. The molecule has 0 heterocycles. The van der Waals surface area contributed by atoms with Crippen molar-refractivity contribution in [3.05, 3.63) is 59.2 Å². The number of nitrogens with zero attached hydrogens (tertiary/aromatic N) is 1. The van der Waals surface area contributed by atoms with Crippen LogP contribution in [0.25, 0.3) is 0 Å². The molecule has 3 amide bonds. The fraction of sp³-hybridized carbons (Fsp3) is 0.444.